The molecule has 1 aromatic carbocycles. The third-order valence-corrected chi connectivity index (χ3v) is 8.34. The quantitative estimate of drug-likeness (QED) is 0.717. The monoisotopic (exact) mass is 484 g/mol. The van der Waals surface area contributed by atoms with Gasteiger partial charge in [0.2, 0.25) is 5.91 Å². The van der Waals surface area contributed by atoms with E-state index in [9.17, 15) is 9.59 Å². The van der Waals surface area contributed by atoms with Crippen molar-refractivity contribution in [1.29, 1.82) is 0 Å². The largest absolute Gasteiger partial charge is 0.349 e. The summed E-state index contributed by atoms with van der Waals surface area (Å²) in [5.41, 5.74) is 3.85. The maximum Gasteiger partial charge on any atom is 0.273 e. The van der Waals surface area contributed by atoms with E-state index in [4.69, 9.17) is 0 Å². The van der Waals surface area contributed by atoms with Crippen LogP contribution in [0.15, 0.2) is 28.7 Å². The lowest BCUT2D eigenvalue weighted by atomic mass is 9.86. The molecular weight excluding hydrogens is 456 g/mol. The zero-order valence-corrected chi connectivity index (χ0v) is 19.7. The van der Waals surface area contributed by atoms with Crippen molar-refractivity contribution < 1.29 is 9.59 Å². The van der Waals surface area contributed by atoms with Crippen LogP contribution in [0.5, 0.6) is 0 Å². The molecular formula is C24H29BrN4O2. The van der Waals surface area contributed by atoms with Gasteiger partial charge in [0, 0.05) is 20.1 Å². The molecule has 2 heterocycles. The van der Waals surface area contributed by atoms with Gasteiger partial charge in [-0.15, -0.1) is 0 Å². The fourth-order valence-electron chi connectivity index (χ4n) is 5.56. The van der Waals surface area contributed by atoms with E-state index in [0.29, 0.717) is 18.8 Å². The van der Waals surface area contributed by atoms with Crippen LogP contribution in [0.3, 0.4) is 0 Å². The number of fused-ring (bicyclic) bond motifs is 2. The SMILES string of the molecule is CCc1nn(C)c(C(=O)N2CCC3(C(=O)N[C@H]4CCCc5ccccc54)CC3C2)c1Br. The zero-order valence-electron chi connectivity index (χ0n) is 18.2. The molecule has 2 fully saturated rings. The minimum atomic E-state index is -0.290. The highest BCUT2D eigenvalue weighted by Gasteiger charge is 2.62. The molecule has 1 aromatic heterocycles. The average molecular weight is 485 g/mol. The molecule has 1 N–H and O–H groups in total. The summed E-state index contributed by atoms with van der Waals surface area (Å²) in [5, 5.41) is 7.83. The number of hydrogen-bond donors (Lipinski definition) is 1. The Morgan fingerprint density at radius 2 is 2.13 bits per heavy atom. The number of rotatable bonds is 4. The van der Waals surface area contributed by atoms with E-state index < -0.39 is 0 Å². The minimum absolute atomic E-state index is 0.00342. The third-order valence-electron chi connectivity index (χ3n) is 7.51. The number of hydrogen-bond acceptors (Lipinski definition) is 3. The molecule has 7 heteroatoms. The molecule has 3 aliphatic rings. The van der Waals surface area contributed by atoms with Crippen molar-refractivity contribution in [2.75, 3.05) is 13.1 Å². The highest BCUT2D eigenvalue weighted by molar-refractivity contribution is 9.10. The first-order valence-electron chi connectivity index (χ1n) is 11.3. The van der Waals surface area contributed by atoms with Crippen LogP contribution in [0, 0.1) is 11.3 Å². The van der Waals surface area contributed by atoms with Gasteiger partial charge >= 0.3 is 0 Å². The van der Waals surface area contributed by atoms with Gasteiger partial charge < -0.3 is 10.2 Å². The molecule has 2 aliphatic carbocycles. The number of benzene rings is 1. The summed E-state index contributed by atoms with van der Waals surface area (Å²) in [6.07, 6.45) is 5.60. The van der Waals surface area contributed by atoms with Crippen LogP contribution in [0.25, 0.3) is 0 Å². The van der Waals surface area contributed by atoms with E-state index >= 15 is 0 Å². The zero-order chi connectivity index (χ0) is 21.8. The molecule has 0 radical (unpaired) electrons. The Morgan fingerprint density at radius 1 is 1.32 bits per heavy atom. The summed E-state index contributed by atoms with van der Waals surface area (Å²) in [4.78, 5) is 28.4. The number of amides is 2. The summed E-state index contributed by atoms with van der Waals surface area (Å²) in [6.45, 7) is 3.29. The van der Waals surface area contributed by atoms with Gasteiger partial charge in [0.05, 0.1) is 21.6 Å². The second-order valence-corrected chi connectivity index (χ2v) is 10.1. The van der Waals surface area contributed by atoms with E-state index in [1.807, 2.05) is 18.9 Å². The number of aromatic nitrogens is 2. The van der Waals surface area contributed by atoms with Gasteiger partial charge in [-0.05, 0) is 71.5 Å². The minimum Gasteiger partial charge on any atom is -0.349 e. The molecule has 5 rings (SSSR count). The molecule has 6 nitrogen and oxygen atoms in total. The van der Waals surface area contributed by atoms with E-state index in [1.54, 1.807) is 4.68 Å². The van der Waals surface area contributed by atoms with Crippen LogP contribution in [0.4, 0.5) is 0 Å². The number of carbonyl (C=O) groups excluding carboxylic acids is 2. The Bertz CT molecular complexity index is 1050. The van der Waals surface area contributed by atoms with Gasteiger partial charge in [-0.25, -0.2) is 0 Å². The van der Waals surface area contributed by atoms with Crippen molar-refractivity contribution >= 4 is 27.7 Å². The Morgan fingerprint density at radius 3 is 2.87 bits per heavy atom. The molecule has 3 atom stereocenters. The van der Waals surface area contributed by atoms with Crippen LogP contribution in [-0.4, -0.2) is 39.6 Å². The Kier molecular flexibility index (Phi) is 5.19. The van der Waals surface area contributed by atoms with Crippen molar-refractivity contribution in [3.8, 4) is 0 Å². The van der Waals surface area contributed by atoms with Gasteiger partial charge in [0.25, 0.3) is 5.91 Å². The second-order valence-electron chi connectivity index (χ2n) is 9.26. The number of nitrogens with zero attached hydrogens (tertiary/aromatic N) is 3. The highest BCUT2D eigenvalue weighted by atomic mass is 79.9. The molecule has 2 aromatic rings. The van der Waals surface area contributed by atoms with Gasteiger partial charge in [-0.3, -0.25) is 14.3 Å². The topological polar surface area (TPSA) is 67.2 Å². The molecule has 1 saturated carbocycles. The van der Waals surface area contributed by atoms with Crippen molar-refractivity contribution in [3.63, 3.8) is 0 Å². The van der Waals surface area contributed by atoms with Crippen molar-refractivity contribution in [2.45, 2.75) is 51.5 Å². The van der Waals surface area contributed by atoms with Gasteiger partial charge in [-0.1, -0.05) is 31.2 Å². The predicted molar refractivity (Wildman–Crippen MR) is 122 cm³/mol. The van der Waals surface area contributed by atoms with Crippen LogP contribution >= 0.6 is 15.9 Å². The standard InChI is InChI=1S/C24H29BrN4O2/c1-3-18-20(25)21(28(2)27-18)22(30)29-12-11-24(13-16(24)14-29)23(31)26-19-10-6-8-15-7-4-5-9-17(15)19/h4-5,7,9,16,19H,3,6,8,10-14H2,1-2H3,(H,26,31)/t16?,19-,24?/m0/s1. The molecule has 2 unspecified atom stereocenters. The van der Waals surface area contributed by atoms with Gasteiger partial charge in [-0.2, -0.15) is 5.10 Å². The molecule has 0 bridgehead atoms. The molecule has 1 saturated heterocycles. The fraction of sp³-hybridized carbons (Fsp3) is 0.542. The lowest BCUT2D eigenvalue weighted by Crippen LogP contribution is -2.45. The highest BCUT2D eigenvalue weighted by Crippen LogP contribution is 2.58. The number of aryl methyl sites for hydroxylation is 3. The van der Waals surface area contributed by atoms with Gasteiger partial charge in [0.15, 0.2) is 0 Å². The fourth-order valence-corrected chi connectivity index (χ4v) is 6.35. The van der Waals surface area contributed by atoms with Crippen molar-refractivity contribution in [3.05, 3.63) is 51.3 Å². The summed E-state index contributed by atoms with van der Waals surface area (Å²) >= 11 is 3.56. The lowest BCUT2D eigenvalue weighted by Gasteiger charge is -2.33. The van der Waals surface area contributed by atoms with Crippen molar-refractivity contribution in [2.24, 2.45) is 18.4 Å². The van der Waals surface area contributed by atoms with Crippen LogP contribution < -0.4 is 5.32 Å². The van der Waals surface area contributed by atoms with E-state index in [-0.39, 0.29) is 29.2 Å². The van der Waals surface area contributed by atoms with Gasteiger partial charge in [0.1, 0.15) is 5.69 Å². The Labute approximate surface area is 191 Å². The first-order chi connectivity index (χ1) is 14.9. The number of halogens is 1. The normalized spacial score (nSPS) is 26.7. The van der Waals surface area contributed by atoms with Crippen LogP contribution in [0.2, 0.25) is 0 Å². The number of carbonyl (C=O) groups is 2. The predicted octanol–water partition coefficient (Wildman–Crippen LogP) is 3.79. The van der Waals surface area contributed by atoms with E-state index in [1.165, 1.54) is 11.1 Å². The third kappa shape index (κ3) is 3.41. The maximum atomic E-state index is 13.3. The van der Waals surface area contributed by atoms with E-state index in [0.717, 1.165) is 48.7 Å². The number of nitrogens with one attached hydrogen (secondary N) is 1. The number of likely N-dealkylation sites (tertiary alicyclic amines) is 1. The van der Waals surface area contributed by atoms with Crippen molar-refractivity contribution in [1.82, 2.24) is 20.0 Å². The molecule has 31 heavy (non-hydrogen) atoms. The molecule has 1 aliphatic heterocycles. The molecule has 0 spiro atoms. The van der Waals surface area contributed by atoms with Crippen LogP contribution in [-0.2, 0) is 24.7 Å². The summed E-state index contributed by atoms with van der Waals surface area (Å²) in [7, 11) is 1.82. The summed E-state index contributed by atoms with van der Waals surface area (Å²) in [6, 6.07) is 8.59. The smallest absolute Gasteiger partial charge is 0.273 e. The first kappa shape index (κ1) is 20.7. The van der Waals surface area contributed by atoms with E-state index in [2.05, 4.69) is 50.6 Å². The first-order valence-corrected chi connectivity index (χ1v) is 12.1. The molecule has 2 amide bonds. The Balaban J connectivity index is 1.26. The summed E-state index contributed by atoms with van der Waals surface area (Å²) < 4.78 is 2.47. The lowest BCUT2D eigenvalue weighted by molar-refractivity contribution is -0.128. The second kappa shape index (κ2) is 7.76. The Hall–Kier alpha value is -2.15. The summed E-state index contributed by atoms with van der Waals surface area (Å²) in [5.74, 6) is 0.437. The average Bonchev–Trinajstić information content (AvgIpc) is 3.45. The number of piperidine rings is 1. The molecule has 164 valence electrons. The van der Waals surface area contributed by atoms with Crippen LogP contribution in [0.1, 0.15) is 66.0 Å². The maximum absolute atomic E-state index is 13.3.